The molecule has 7 nitrogen and oxygen atoms in total. The van der Waals surface area contributed by atoms with Gasteiger partial charge < -0.3 is 4.42 Å². The third-order valence-corrected chi connectivity index (χ3v) is 4.62. The van der Waals surface area contributed by atoms with Crippen LogP contribution in [0.2, 0.25) is 0 Å². The van der Waals surface area contributed by atoms with E-state index in [1.54, 1.807) is 31.2 Å². The smallest absolute Gasteiger partial charge is 0.294 e. The summed E-state index contributed by atoms with van der Waals surface area (Å²) in [5, 5.41) is 10.6. The lowest BCUT2D eigenvalue weighted by Gasteiger charge is -2.06. The van der Waals surface area contributed by atoms with E-state index >= 15 is 0 Å². The fourth-order valence-corrected chi connectivity index (χ4v) is 3.22. The molecule has 1 aromatic heterocycles. The van der Waals surface area contributed by atoms with Crippen molar-refractivity contribution in [3.05, 3.63) is 56.7 Å². The lowest BCUT2D eigenvalue weighted by Crippen LogP contribution is -2.28. The Balaban J connectivity index is 1.89. The first-order chi connectivity index (χ1) is 12.4. The Kier molecular flexibility index (Phi) is 4.65. The van der Waals surface area contributed by atoms with Crippen LogP contribution in [0.5, 0.6) is 0 Å². The second-order valence-corrected chi connectivity index (χ2v) is 6.43. The number of aryl methyl sites for hydroxylation is 1. The van der Waals surface area contributed by atoms with Gasteiger partial charge in [-0.05, 0) is 30.8 Å². The molecule has 26 heavy (non-hydrogen) atoms. The maximum atomic E-state index is 12.1. The molecular weight excluding hydrogens is 356 g/mol. The van der Waals surface area contributed by atoms with Crippen LogP contribution in [-0.2, 0) is 4.79 Å². The molecule has 130 valence electrons. The number of hydrogen-bond acceptors (Lipinski definition) is 6. The van der Waals surface area contributed by atoms with Gasteiger partial charge in [0.1, 0.15) is 11.5 Å². The summed E-state index contributed by atoms with van der Waals surface area (Å²) in [6.07, 6.45) is 6.60. The van der Waals surface area contributed by atoms with Crippen molar-refractivity contribution in [1.29, 1.82) is 0 Å². The Morgan fingerprint density at radius 3 is 2.81 bits per heavy atom. The minimum atomic E-state index is -0.470. The molecule has 0 aliphatic carbocycles. The molecule has 0 saturated carbocycles. The number of hydrogen-bond donors (Lipinski definition) is 0. The summed E-state index contributed by atoms with van der Waals surface area (Å²) in [5.41, 5.74) is 1.09. The fourth-order valence-electron chi connectivity index (χ4n) is 2.40. The summed E-state index contributed by atoms with van der Waals surface area (Å²) in [6, 6.07) is 8.05. The highest BCUT2D eigenvalue weighted by Crippen LogP contribution is 2.33. The van der Waals surface area contributed by atoms with E-state index in [0.29, 0.717) is 22.6 Å². The zero-order chi connectivity index (χ0) is 18.8. The van der Waals surface area contributed by atoms with Gasteiger partial charge in [-0.2, -0.15) is 0 Å². The molecule has 1 fully saturated rings. The minimum absolute atomic E-state index is 0.00384. The molecule has 0 bridgehead atoms. The van der Waals surface area contributed by atoms with Crippen molar-refractivity contribution < 1.29 is 18.9 Å². The maximum Gasteiger partial charge on any atom is 0.294 e. The fraction of sp³-hybridized carbons (Fsp3) is 0.111. The van der Waals surface area contributed by atoms with Gasteiger partial charge in [-0.1, -0.05) is 18.1 Å². The largest absolute Gasteiger partial charge is 0.457 e. The van der Waals surface area contributed by atoms with Gasteiger partial charge in [-0.25, -0.2) is 0 Å². The molecule has 1 aliphatic heterocycles. The van der Waals surface area contributed by atoms with Crippen LogP contribution in [0.15, 0.2) is 39.7 Å². The number of furan rings is 1. The number of carbonyl (C=O) groups excluding carboxylic acids is 2. The average molecular weight is 368 g/mol. The van der Waals surface area contributed by atoms with E-state index in [1.807, 2.05) is 0 Å². The average Bonchev–Trinajstić information content (AvgIpc) is 3.16. The van der Waals surface area contributed by atoms with Gasteiger partial charge in [-0.3, -0.25) is 24.6 Å². The van der Waals surface area contributed by atoms with Gasteiger partial charge in [0.25, 0.3) is 16.8 Å². The number of rotatable bonds is 4. The summed E-state index contributed by atoms with van der Waals surface area (Å²) >= 11 is 0.784. The quantitative estimate of drug-likeness (QED) is 0.352. The lowest BCUT2D eigenvalue weighted by molar-refractivity contribution is -0.385. The van der Waals surface area contributed by atoms with E-state index < -0.39 is 16.1 Å². The maximum absolute atomic E-state index is 12.1. The molecule has 2 amide bonds. The molecule has 1 aliphatic rings. The SMILES string of the molecule is C#CCN1C(=O)SC(=Cc2ccc(-c3ccc(C)c([N+](=O)[O-])c3)o2)C1=O. The molecule has 0 N–H and O–H groups in total. The normalized spacial score (nSPS) is 15.5. The zero-order valence-electron chi connectivity index (χ0n) is 13.6. The van der Waals surface area contributed by atoms with Crippen molar-refractivity contribution in [2.45, 2.75) is 6.92 Å². The highest BCUT2D eigenvalue weighted by atomic mass is 32.2. The molecule has 0 unspecified atom stereocenters. The van der Waals surface area contributed by atoms with Crippen molar-refractivity contribution in [2.75, 3.05) is 6.54 Å². The number of nitro groups is 1. The first-order valence-corrected chi connectivity index (χ1v) is 8.26. The highest BCUT2D eigenvalue weighted by Gasteiger charge is 2.34. The van der Waals surface area contributed by atoms with Gasteiger partial charge in [0.15, 0.2) is 0 Å². The van der Waals surface area contributed by atoms with Crippen LogP contribution in [0.4, 0.5) is 10.5 Å². The van der Waals surface area contributed by atoms with Crippen molar-refractivity contribution in [3.63, 3.8) is 0 Å². The molecule has 1 aromatic carbocycles. The number of benzene rings is 1. The Hall–Kier alpha value is -3.31. The monoisotopic (exact) mass is 368 g/mol. The molecule has 0 radical (unpaired) electrons. The Morgan fingerprint density at radius 2 is 2.12 bits per heavy atom. The Bertz CT molecular complexity index is 999. The van der Waals surface area contributed by atoms with Gasteiger partial charge in [0.05, 0.1) is 16.4 Å². The first-order valence-electron chi connectivity index (χ1n) is 7.45. The third-order valence-electron chi connectivity index (χ3n) is 3.71. The second-order valence-electron chi connectivity index (χ2n) is 5.43. The Morgan fingerprint density at radius 1 is 1.35 bits per heavy atom. The summed E-state index contributed by atoms with van der Waals surface area (Å²) < 4.78 is 5.65. The van der Waals surface area contributed by atoms with E-state index in [2.05, 4.69) is 5.92 Å². The van der Waals surface area contributed by atoms with Gasteiger partial charge in [0, 0.05) is 23.3 Å². The van der Waals surface area contributed by atoms with Crippen molar-refractivity contribution >= 4 is 34.7 Å². The molecular formula is C18H12N2O5S. The molecule has 2 heterocycles. The van der Waals surface area contributed by atoms with Crippen LogP contribution in [0.3, 0.4) is 0 Å². The standard InChI is InChI=1S/C18H12N2O5S/c1-3-8-19-17(21)16(26-18(19)22)10-13-6-7-15(25-13)12-5-4-11(2)14(9-12)20(23)24/h1,4-7,9-10H,8H2,2H3. The van der Waals surface area contributed by atoms with Crippen LogP contribution >= 0.6 is 11.8 Å². The van der Waals surface area contributed by atoms with Gasteiger partial charge >= 0.3 is 0 Å². The first kappa shape index (κ1) is 17.5. The van der Waals surface area contributed by atoms with Gasteiger partial charge in [-0.15, -0.1) is 6.42 Å². The molecule has 0 spiro atoms. The van der Waals surface area contributed by atoms with E-state index in [0.717, 1.165) is 16.7 Å². The molecule has 2 aromatic rings. The number of nitrogens with zero attached hydrogens (tertiary/aromatic N) is 2. The number of carbonyl (C=O) groups is 2. The summed E-state index contributed by atoms with van der Waals surface area (Å²) in [5.74, 6) is 2.57. The van der Waals surface area contributed by atoms with E-state index in [-0.39, 0.29) is 17.1 Å². The second kappa shape index (κ2) is 6.90. The molecule has 0 atom stereocenters. The van der Waals surface area contributed by atoms with Crippen molar-refractivity contribution in [1.82, 2.24) is 4.90 Å². The van der Waals surface area contributed by atoms with E-state index in [9.17, 15) is 19.7 Å². The predicted molar refractivity (Wildman–Crippen MR) is 97.0 cm³/mol. The van der Waals surface area contributed by atoms with Crippen LogP contribution in [0.25, 0.3) is 17.4 Å². The summed E-state index contributed by atoms with van der Waals surface area (Å²) in [4.78, 5) is 35.7. The number of terminal acetylenes is 1. The minimum Gasteiger partial charge on any atom is -0.457 e. The number of thioether (sulfide) groups is 1. The zero-order valence-corrected chi connectivity index (χ0v) is 14.4. The number of imide groups is 1. The number of nitro benzene ring substituents is 1. The van der Waals surface area contributed by atoms with E-state index in [4.69, 9.17) is 10.8 Å². The van der Waals surface area contributed by atoms with Crippen molar-refractivity contribution in [3.8, 4) is 23.7 Å². The highest BCUT2D eigenvalue weighted by molar-refractivity contribution is 8.18. The summed E-state index contributed by atoms with van der Waals surface area (Å²) in [6.45, 7) is 1.57. The van der Waals surface area contributed by atoms with Crippen LogP contribution in [-0.4, -0.2) is 27.5 Å². The van der Waals surface area contributed by atoms with Gasteiger partial charge in [0.2, 0.25) is 0 Å². The molecule has 8 heteroatoms. The third kappa shape index (κ3) is 3.25. The lowest BCUT2D eigenvalue weighted by atomic mass is 10.1. The predicted octanol–water partition coefficient (Wildman–Crippen LogP) is 3.83. The molecule has 1 saturated heterocycles. The Labute approximate surface area is 152 Å². The van der Waals surface area contributed by atoms with Crippen molar-refractivity contribution in [2.24, 2.45) is 0 Å². The van der Waals surface area contributed by atoms with Crippen LogP contribution in [0, 0.1) is 29.4 Å². The summed E-state index contributed by atoms with van der Waals surface area (Å²) in [7, 11) is 0. The van der Waals surface area contributed by atoms with Crippen LogP contribution in [0.1, 0.15) is 11.3 Å². The van der Waals surface area contributed by atoms with E-state index in [1.165, 1.54) is 12.1 Å². The van der Waals surface area contributed by atoms with Crippen LogP contribution < -0.4 is 0 Å². The topological polar surface area (TPSA) is 93.7 Å². The number of amides is 2. The molecule has 3 rings (SSSR count).